The van der Waals surface area contributed by atoms with E-state index in [1.165, 1.54) is 12.1 Å². The van der Waals surface area contributed by atoms with E-state index in [2.05, 4.69) is 10.6 Å². The zero-order valence-electron chi connectivity index (χ0n) is 22.3. The highest BCUT2D eigenvalue weighted by molar-refractivity contribution is 7.92. The van der Waals surface area contributed by atoms with Crippen LogP contribution < -0.4 is 19.7 Å². The summed E-state index contributed by atoms with van der Waals surface area (Å²) in [6.45, 7) is 3.93. The Morgan fingerprint density at radius 3 is 2.00 bits per heavy atom. The highest BCUT2D eigenvalue weighted by Gasteiger charge is 2.27. The lowest BCUT2D eigenvalue weighted by Gasteiger charge is -2.24. The van der Waals surface area contributed by atoms with Gasteiger partial charge >= 0.3 is 0 Å². The Kier molecular flexibility index (Phi) is 9.19. The largest absolute Gasteiger partial charge is 0.457 e. The second kappa shape index (κ2) is 12.9. The molecule has 0 spiro atoms. The van der Waals surface area contributed by atoms with Crippen LogP contribution in [-0.4, -0.2) is 33.3 Å². The maximum Gasteiger partial charge on any atom is 0.264 e. The number of nitrogens with one attached hydrogen (secondary N) is 2. The summed E-state index contributed by atoms with van der Waals surface area (Å²) in [4.78, 5) is 26.0. The Morgan fingerprint density at radius 1 is 0.775 bits per heavy atom. The molecule has 8 nitrogen and oxygen atoms in total. The van der Waals surface area contributed by atoms with Gasteiger partial charge in [0.25, 0.3) is 15.9 Å². The molecular weight excluding hydrogens is 526 g/mol. The first-order chi connectivity index (χ1) is 19.2. The van der Waals surface area contributed by atoms with Gasteiger partial charge in [-0.05, 0) is 66.6 Å². The first kappa shape index (κ1) is 28.4. The number of benzene rings is 4. The first-order valence-electron chi connectivity index (χ1n) is 12.8. The minimum absolute atomic E-state index is 0.0425. The van der Waals surface area contributed by atoms with Gasteiger partial charge in [0.05, 0.1) is 21.8 Å². The summed E-state index contributed by atoms with van der Waals surface area (Å²) < 4.78 is 34.2. The van der Waals surface area contributed by atoms with Crippen LogP contribution in [0.1, 0.15) is 24.2 Å². The molecule has 9 heteroatoms. The Hall–Kier alpha value is -4.63. The molecule has 0 aliphatic heterocycles. The molecule has 0 bridgehead atoms. The van der Waals surface area contributed by atoms with Gasteiger partial charge in [0.1, 0.15) is 18.0 Å². The maximum absolute atomic E-state index is 13.7. The fourth-order valence-corrected chi connectivity index (χ4v) is 5.28. The van der Waals surface area contributed by atoms with E-state index in [9.17, 15) is 18.0 Å². The Bertz CT molecular complexity index is 1540. The molecule has 4 rings (SSSR count). The van der Waals surface area contributed by atoms with Crippen molar-refractivity contribution in [3.63, 3.8) is 0 Å². The van der Waals surface area contributed by atoms with Crippen molar-refractivity contribution in [2.45, 2.75) is 18.7 Å². The minimum atomic E-state index is -4.11. The van der Waals surface area contributed by atoms with Crippen LogP contribution in [0.2, 0.25) is 0 Å². The third kappa shape index (κ3) is 7.27. The van der Waals surface area contributed by atoms with E-state index in [1.807, 2.05) is 44.2 Å². The van der Waals surface area contributed by atoms with E-state index in [0.717, 1.165) is 4.31 Å². The van der Waals surface area contributed by atoms with Gasteiger partial charge in [0.2, 0.25) is 5.91 Å². The fraction of sp³-hybridized carbons (Fsp3) is 0.161. The maximum atomic E-state index is 13.7. The van der Waals surface area contributed by atoms with Gasteiger partial charge in [-0.2, -0.15) is 0 Å². The lowest BCUT2D eigenvalue weighted by molar-refractivity contribution is -0.114. The standard InChI is InChI=1S/C31H31N3O5S/c1-23(2)21-32-31(36)28-15-9-10-16-29(28)33-30(35)22-34(40(37,38)27-13-7-4-8-14-27)24-17-19-26(20-18-24)39-25-11-5-3-6-12-25/h3-20,23H,21-22H2,1-2H3,(H,32,36)(H,33,35). The van der Waals surface area contributed by atoms with E-state index < -0.39 is 22.5 Å². The van der Waals surface area contributed by atoms with Crippen molar-refractivity contribution in [1.82, 2.24) is 5.32 Å². The van der Waals surface area contributed by atoms with Crippen molar-refractivity contribution < 1.29 is 22.7 Å². The summed E-state index contributed by atoms with van der Waals surface area (Å²) in [5.41, 5.74) is 0.858. The van der Waals surface area contributed by atoms with E-state index in [4.69, 9.17) is 4.74 Å². The second-order valence-electron chi connectivity index (χ2n) is 9.43. The highest BCUT2D eigenvalue weighted by atomic mass is 32.2. The van der Waals surface area contributed by atoms with E-state index >= 15 is 0 Å². The number of sulfonamides is 1. The molecule has 2 amide bonds. The second-order valence-corrected chi connectivity index (χ2v) is 11.3. The summed E-state index contributed by atoms with van der Waals surface area (Å²) in [6.07, 6.45) is 0. The molecule has 206 valence electrons. The number of rotatable bonds is 11. The normalized spacial score (nSPS) is 11.1. The quantitative estimate of drug-likeness (QED) is 0.246. The number of carbonyl (C=O) groups is 2. The zero-order valence-corrected chi connectivity index (χ0v) is 23.1. The van der Waals surface area contributed by atoms with Crippen molar-refractivity contribution in [2.24, 2.45) is 5.92 Å². The molecule has 0 aliphatic carbocycles. The monoisotopic (exact) mass is 557 g/mol. The molecule has 0 aliphatic rings. The number of para-hydroxylation sites is 2. The molecule has 0 fully saturated rings. The summed E-state index contributed by atoms with van der Waals surface area (Å²) in [6, 6.07) is 30.2. The molecule has 0 saturated heterocycles. The summed E-state index contributed by atoms with van der Waals surface area (Å²) in [5, 5.41) is 5.55. The predicted molar refractivity (Wildman–Crippen MR) is 156 cm³/mol. The van der Waals surface area contributed by atoms with Crippen molar-refractivity contribution in [3.8, 4) is 11.5 Å². The summed E-state index contributed by atoms with van der Waals surface area (Å²) >= 11 is 0. The van der Waals surface area contributed by atoms with Crippen LogP contribution >= 0.6 is 0 Å². The van der Waals surface area contributed by atoms with Crippen LogP contribution in [0.4, 0.5) is 11.4 Å². The van der Waals surface area contributed by atoms with Crippen molar-refractivity contribution in [1.29, 1.82) is 0 Å². The molecule has 0 saturated carbocycles. The lowest BCUT2D eigenvalue weighted by Crippen LogP contribution is -2.38. The number of hydrogen-bond acceptors (Lipinski definition) is 5. The Morgan fingerprint density at radius 2 is 1.35 bits per heavy atom. The molecule has 0 aromatic heterocycles. The summed E-state index contributed by atoms with van der Waals surface area (Å²) in [5.74, 6) is 0.477. The topological polar surface area (TPSA) is 105 Å². The SMILES string of the molecule is CC(C)CNC(=O)c1ccccc1NC(=O)CN(c1ccc(Oc2ccccc2)cc1)S(=O)(=O)c1ccccc1. The zero-order chi connectivity index (χ0) is 28.5. The van der Waals surface area contributed by atoms with Gasteiger partial charge in [-0.3, -0.25) is 13.9 Å². The molecule has 4 aromatic carbocycles. The molecule has 0 unspecified atom stereocenters. The molecule has 0 atom stereocenters. The number of amides is 2. The van der Waals surface area contributed by atoms with Gasteiger partial charge in [-0.15, -0.1) is 0 Å². The number of carbonyl (C=O) groups excluding carboxylic acids is 2. The molecular formula is C31H31N3O5S. The lowest BCUT2D eigenvalue weighted by atomic mass is 10.1. The van der Waals surface area contributed by atoms with Crippen LogP contribution in [0.5, 0.6) is 11.5 Å². The Balaban J connectivity index is 1.59. The number of anilines is 2. The van der Waals surface area contributed by atoms with Gasteiger partial charge < -0.3 is 15.4 Å². The fourth-order valence-electron chi connectivity index (χ4n) is 3.84. The molecule has 0 radical (unpaired) electrons. The Labute approximate surface area is 234 Å². The number of ether oxygens (including phenoxy) is 1. The van der Waals surface area contributed by atoms with Crippen LogP contribution in [0.25, 0.3) is 0 Å². The van der Waals surface area contributed by atoms with Gasteiger partial charge in [-0.25, -0.2) is 8.42 Å². The average Bonchev–Trinajstić information content (AvgIpc) is 2.96. The first-order valence-corrected chi connectivity index (χ1v) is 14.3. The third-order valence-electron chi connectivity index (χ3n) is 5.84. The smallest absolute Gasteiger partial charge is 0.264 e. The van der Waals surface area contributed by atoms with Crippen LogP contribution in [-0.2, 0) is 14.8 Å². The van der Waals surface area contributed by atoms with Crippen LogP contribution in [0.3, 0.4) is 0 Å². The van der Waals surface area contributed by atoms with Crippen LogP contribution in [0, 0.1) is 5.92 Å². The third-order valence-corrected chi connectivity index (χ3v) is 7.63. The van der Waals surface area contributed by atoms with E-state index in [1.54, 1.807) is 66.7 Å². The molecule has 4 aromatic rings. The molecule has 2 N–H and O–H groups in total. The van der Waals surface area contributed by atoms with Gasteiger partial charge in [0, 0.05) is 6.54 Å². The van der Waals surface area contributed by atoms with E-state index in [-0.39, 0.29) is 33.7 Å². The number of nitrogens with zero attached hydrogens (tertiary/aromatic N) is 1. The average molecular weight is 558 g/mol. The highest BCUT2D eigenvalue weighted by Crippen LogP contribution is 2.28. The summed E-state index contributed by atoms with van der Waals surface area (Å²) in [7, 11) is -4.11. The molecule has 0 heterocycles. The minimum Gasteiger partial charge on any atom is -0.457 e. The van der Waals surface area contributed by atoms with E-state index in [0.29, 0.717) is 18.0 Å². The van der Waals surface area contributed by atoms with Gasteiger partial charge in [0.15, 0.2) is 0 Å². The van der Waals surface area contributed by atoms with Crippen molar-refractivity contribution in [3.05, 3.63) is 115 Å². The van der Waals surface area contributed by atoms with Crippen molar-refractivity contribution >= 4 is 33.2 Å². The predicted octanol–water partition coefficient (Wildman–Crippen LogP) is 5.70. The van der Waals surface area contributed by atoms with Crippen LogP contribution in [0.15, 0.2) is 114 Å². The molecule has 40 heavy (non-hydrogen) atoms. The van der Waals surface area contributed by atoms with Crippen molar-refractivity contribution in [2.75, 3.05) is 22.7 Å². The number of hydrogen-bond donors (Lipinski definition) is 2. The van der Waals surface area contributed by atoms with Gasteiger partial charge in [-0.1, -0.05) is 62.4 Å².